The Hall–Kier alpha value is -3.04. The summed E-state index contributed by atoms with van der Waals surface area (Å²) in [6, 6.07) is 1.46. The highest BCUT2D eigenvalue weighted by molar-refractivity contribution is 5.83. The van der Waals surface area contributed by atoms with Crippen molar-refractivity contribution in [3.05, 3.63) is 23.8 Å². The van der Waals surface area contributed by atoms with Crippen molar-refractivity contribution >= 4 is 23.8 Å². The first-order chi connectivity index (χ1) is 11.5. The number of rotatable bonds is 3. The molecule has 1 aliphatic heterocycles. The molecule has 0 aromatic carbocycles. The van der Waals surface area contributed by atoms with Gasteiger partial charge in [0.25, 0.3) is 5.62 Å². The maximum Gasteiger partial charge on any atom is 0.437 e. The highest BCUT2D eigenvalue weighted by atomic mass is 16.5. The van der Waals surface area contributed by atoms with Crippen LogP contribution in [0.5, 0.6) is 0 Å². The van der Waals surface area contributed by atoms with Crippen molar-refractivity contribution in [3.8, 4) is 0 Å². The fourth-order valence-corrected chi connectivity index (χ4v) is 2.04. The number of carbonyl (C=O) groups is 2. The molecule has 0 unspecified atom stereocenters. The highest BCUT2D eigenvalue weighted by Gasteiger charge is 2.15. The Morgan fingerprint density at radius 2 is 2.25 bits per heavy atom. The molecule has 130 valence electrons. The smallest absolute Gasteiger partial charge is 0.437 e. The van der Waals surface area contributed by atoms with Crippen molar-refractivity contribution in [1.29, 1.82) is 0 Å². The van der Waals surface area contributed by atoms with E-state index in [0.717, 1.165) is 6.42 Å². The molecule has 1 aromatic rings. The second kappa shape index (κ2) is 7.99. The summed E-state index contributed by atoms with van der Waals surface area (Å²) in [6.45, 7) is 3.08. The molecule has 0 atom stereocenters. The van der Waals surface area contributed by atoms with Crippen molar-refractivity contribution in [3.63, 3.8) is 0 Å². The normalized spacial score (nSPS) is 14.4. The highest BCUT2D eigenvalue weighted by Crippen LogP contribution is 2.16. The number of nitrogens with zero attached hydrogens (tertiary/aromatic N) is 4. The van der Waals surface area contributed by atoms with Crippen molar-refractivity contribution in [1.82, 2.24) is 9.71 Å². The molecule has 0 spiro atoms. The van der Waals surface area contributed by atoms with Crippen LogP contribution in [-0.4, -0.2) is 53.9 Å². The molecule has 2 rings (SSSR count). The van der Waals surface area contributed by atoms with Gasteiger partial charge in [0.2, 0.25) is 0 Å². The van der Waals surface area contributed by atoms with Gasteiger partial charge in [-0.1, -0.05) is 12.2 Å². The summed E-state index contributed by atoms with van der Waals surface area (Å²) in [6.07, 6.45) is 3.17. The molecule has 0 saturated heterocycles. The van der Waals surface area contributed by atoms with Gasteiger partial charge in [-0.05, 0) is 13.3 Å². The average Bonchev–Trinajstić information content (AvgIpc) is 2.59. The van der Waals surface area contributed by atoms with Crippen molar-refractivity contribution in [2.45, 2.75) is 13.3 Å². The van der Waals surface area contributed by atoms with Gasteiger partial charge in [0.1, 0.15) is 5.82 Å². The molecule has 2 heterocycles. The summed E-state index contributed by atoms with van der Waals surface area (Å²) in [4.78, 5) is 32.7. The van der Waals surface area contributed by atoms with E-state index in [-0.39, 0.29) is 18.0 Å². The van der Waals surface area contributed by atoms with Gasteiger partial charge in [0.15, 0.2) is 5.82 Å². The van der Waals surface area contributed by atoms with Crippen LogP contribution in [0.3, 0.4) is 0 Å². The third-order valence-electron chi connectivity index (χ3n) is 3.15. The number of nitrogens with one attached hydrogen (secondary N) is 1. The predicted octanol–water partition coefficient (Wildman–Crippen LogP) is 1.12. The topological polar surface area (TPSA) is 118 Å². The van der Waals surface area contributed by atoms with Gasteiger partial charge in [0.05, 0.1) is 13.7 Å². The monoisotopic (exact) mass is 337 g/mol. The lowest BCUT2D eigenvalue weighted by molar-refractivity contribution is 0.152. The number of hydrogen-bond acceptors (Lipinski definition) is 7. The Morgan fingerprint density at radius 3 is 2.88 bits per heavy atom. The Balaban J connectivity index is 2.47. The molecule has 0 bridgehead atoms. The standard InChI is InChI=1S/C14H19N5O5/c1-3-24-14(21)17-12-15-10(18-7-5-4-6-8-18)9-11(19(12)22)16-13(20)23-2/h4-5,9,22H,3,6-8H2,1-2H3,(H,16,20). The average molecular weight is 337 g/mol. The van der Waals surface area contributed by atoms with Crippen LogP contribution in [0.1, 0.15) is 13.3 Å². The number of carbonyl (C=O) groups excluding carboxylic acids is 2. The quantitative estimate of drug-likeness (QED) is 0.627. The molecule has 0 aliphatic carbocycles. The summed E-state index contributed by atoms with van der Waals surface area (Å²) in [5, 5.41) is 12.5. The van der Waals surface area contributed by atoms with Crippen LogP contribution < -0.4 is 15.8 Å². The molecule has 2 N–H and O–H groups in total. The largest absolute Gasteiger partial charge is 0.453 e. The van der Waals surface area contributed by atoms with Crippen LogP contribution in [0.25, 0.3) is 0 Å². The fourth-order valence-electron chi connectivity index (χ4n) is 2.04. The van der Waals surface area contributed by atoms with Crippen LogP contribution >= 0.6 is 0 Å². The van der Waals surface area contributed by atoms with E-state index in [4.69, 9.17) is 4.74 Å². The van der Waals surface area contributed by atoms with Crippen molar-refractivity contribution in [2.75, 3.05) is 37.0 Å². The minimum Gasteiger partial charge on any atom is -0.453 e. The molecule has 1 aliphatic rings. The zero-order valence-electron chi connectivity index (χ0n) is 13.4. The lowest BCUT2D eigenvalue weighted by Gasteiger charge is -2.25. The number of ether oxygens (including phenoxy) is 2. The molecule has 10 nitrogen and oxygen atoms in total. The maximum atomic E-state index is 11.6. The van der Waals surface area contributed by atoms with Crippen LogP contribution in [-0.2, 0) is 9.47 Å². The first kappa shape index (κ1) is 17.3. The number of aromatic nitrogens is 2. The Kier molecular flexibility index (Phi) is 5.77. The van der Waals surface area contributed by atoms with Gasteiger partial charge in [-0.2, -0.15) is 4.98 Å². The minimum absolute atomic E-state index is 0.0375. The minimum atomic E-state index is -0.896. The van der Waals surface area contributed by atoms with Gasteiger partial charge in [-0.15, -0.1) is 9.72 Å². The molecule has 24 heavy (non-hydrogen) atoms. The number of methoxy groups -OCH3 is 1. The number of anilines is 2. The van der Waals surface area contributed by atoms with Crippen LogP contribution in [0, 0.1) is 0 Å². The van der Waals surface area contributed by atoms with Gasteiger partial charge in [-0.3, -0.25) is 5.32 Å². The Bertz CT molecular complexity index is 712. The van der Waals surface area contributed by atoms with E-state index in [1.54, 1.807) is 6.92 Å². The zero-order valence-corrected chi connectivity index (χ0v) is 13.4. The molecule has 0 fully saturated rings. The lowest BCUT2D eigenvalue weighted by atomic mass is 10.2. The second-order valence-electron chi connectivity index (χ2n) is 4.74. The fraction of sp³-hybridized carbons (Fsp3) is 0.429. The Labute approximate surface area is 138 Å². The molecule has 0 saturated carbocycles. The van der Waals surface area contributed by atoms with Crippen molar-refractivity contribution in [2.24, 2.45) is 4.99 Å². The van der Waals surface area contributed by atoms with E-state index in [2.05, 4.69) is 20.0 Å². The molecule has 1 aromatic heterocycles. The molecular formula is C14H19N5O5. The summed E-state index contributed by atoms with van der Waals surface area (Å²) < 4.78 is 9.72. The maximum absolute atomic E-state index is 11.6. The predicted molar refractivity (Wildman–Crippen MR) is 84.0 cm³/mol. The Morgan fingerprint density at radius 1 is 1.46 bits per heavy atom. The van der Waals surface area contributed by atoms with Crippen molar-refractivity contribution < 1.29 is 24.3 Å². The summed E-state index contributed by atoms with van der Waals surface area (Å²) >= 11 is 0. The van der Waals surface area contributed by atoms with Crippen LogP contribution in [0.15, 0.2) is 23.2 Å². The van der Waals surface area contributed by atoms with E-state index in [9.17, 15) is 14.8 Å². The summed E-state index contributed by atoms with van der Waals surface area (Å²) in [7, 11) is 1.19. The van der Waals surface area contributed by atoms with Crippen LogP contribution in [0.2, 0.25) is 0 Å². The van der Waals surface area contributed by atoms with E-state index in [1.165, 1.54) is 13.2 Å². The summed E-state index contributed by atoms with van der Waals surface area (Å²) in [5.41, 5.74) is -0.313. The molecule has 2 amide bonds. The van der Waals surface area contributed by atoms with Crippen LogP contribution in [0.4, 0.5) is 21.2 Å². The lowest BCUT2D eigenvalue weighted by Crippen LogP contribution is -2.34. The number of amides is 2. The second-order valence-corrected chi connectivity index (χ2v) is 4.74. The zero-order chi connectivity index (χ0) is 17.5. The van der Waals surface area contributed by atoms with Gasteiger partial charge in [-0.25, -0.2) is 9.59 Å². The number of hydrogen-bond donors (Lipinski definition) is 2. The molecule has 10 heteroatoms. The van der Waals surface area contributed by atoms with E-state index in [1.807, 2.05) is 17.1 Å². The SMILES string of the molecule is CCOC(=O)N=c1nc(N2CC=CCC2)cc(NC(=O)OC)n1O. The van der Waals surface area contributed by atoms with E-state index in [0.29, 0.717) is 23.6 Å². The van der Waals surface area contributed by atoms with E-state index < -0.39 is 12.2 Å². The van der Waals surface area contributed by atoms with Gasteiger partial charge < -0.3 is 19.6 Å². The van der Waals surface area contributed by atoms with E-state index >= 15 is 0 Å². The first-order valence-electron chi connectivity index (χ1n) is 7.35. The first-order valence-corrected chi connectivity index (χ1v) is 7.35. The van der Waals surface area contributed by atoms with Gasteiger partial charge in [0, 0.05) is 19.2 Å². The van der Waals surface area contributed by atoms with Gasteiger partial charge >= 0.3 is 12.2 Å². The summed E-state index contributed by atoms with van der Waals surface area (Å²) in [5.74, 6) is 0.406. The molecular weight excluding hydrogens is 318 g/mol. The molecule has 0 radical (unpaired) electrons. The third-order valence-corrected chi connectivity index (χ3v) is 3.15. The third kappa shape index (κ3) is 4.24.